The number of nitrogens with one attached hydrogen (secondary N) is 1. The molecule has 2 saturated heterocycles. The molecule has 2 fully saturated rings. The molecule has 2 aliphatic rings. The quantitative estimate of drug-likeness (QED) is 0.859. The van der Waals surface area contributed by atoms with E-state index in [1.54, 1.807) is 6.07 Å². The van der Waals surface area contributed by atoms with Gasteiger partial charge in [0.2, 0.25) is 0 Å². The zero-order valence-electron chi connectivity index (χ0n) is 10.7. The molecule has 1 amide bonds. The number of nitrogens with zero attached hydrogens (tertiary/aromatic N) is 1. The van der Waals surface area contributed by atoms with Crippen LogP contribution in [-0.2, 0) is 0 Å². The van der Waals surface area contributed by atoms with Crippen molar-refractivity contribution in [2.24, 2.45) is 5.92 Å². The Morgan fingerprint density at radius 2 is 2.26 bits per heavy atom. The SMILES string of the molecule is CC1CC2CNCC2N1C(=O)c1cc(F)ccc1Br. The van der Waals surface area contributed by atoms with E-state index in [1.165, 1.54) is 12.1 Å². The van der Waals surface area contributed by atoms with Gasteiger partial charge in [0.05, 0.1) is 5.56 Å². The van der Waals surface area contributed by atoms with E-state index < -0.39 is 0 Å². The minimum Gasteiger partial charge on any atom is -0.331 e. The molecule has 0 spiro atoms. The molecule has 5 heteroatoms. The largest absolute Gasteiger partial charge is 0.331 e. The van der Waals surface area contributed by atoms with Gasteiger partial charge in [-0.05, 0) is 53.4 Å². The summed E-state index contributed by atoms with van der Waals surface area (Å²) >= 11 is 3.34. The lowest BCUT2D eigenvalue weighted by molar-refractivity contribution is 0.0680. The zero-order chi connectivity index (χ0) is 13.6. The number of rotatable bonds is 1. The first-order chi connectivity index (χ1) is 9.08. The number of hydrogen-bond donors (Lipinski definition) is 1. The highest BCUT2D eigenvalue weighted by molar-refractivity contribution is 9.10. The molecule has 1 aromatic rings. The van der Waals surface area contributed by atoms with Crippen molar-refractivity contribution in [1.29, 1.82) is 0 Å². The Hall–Kier alpha value is -0.940. The molecule has 3 atom stereocenters. The van der Waals surface area contributed by atoms with Gasteiger partial charge in [0.25, 0.3) is 5.91 Å². The maximum Gasteiger partial charge on any atom is 0.255 e. The van der Waals surface area contributed by atoms with E-state index in [0.717, 1.165) is 19.5 Å². The molecule has 0 radical (unpaired) electrons. The van der Waals surface area contributed by atoms with Crippen molar-refractivity contribution < 1.29 is 9.18 Å². The van der Waals surface area contributed by atoms with Crippen LogP contribution in [0.3, 0.4) is 0 Å². The molecule has 2 heterocycles. The van der Waals surface area contributed by atoms with Crippen LogP contribution >= 0.6 is 15.9 Å². The van der Waals surface area contributed by atoms with Crippen molar-refractivity contribution in [1.82, 2.24) is 10.2 Å². The molecule has 0 bridgehead atoms. The van der Waals surface area contributed by atoms with Crippen LogP contribution in [0.1, 0.15) is 23.7 Å². The number of fused-ring (bicyclic) bond motifs is 1. The van der Waals surface area contributed by atoms with Gasteiger partial charge in [-0.1, -0.05) is 0 Å². The first-order valence-corrected chi connectivity index (χ1v) is 7.35. The lowest BCUT2D eigenvalue weighted by atomic mass is 10.0. The highest BCUT2D eigenvalue weighted by Crippen LogP contribution is 2.34. The number of carbonyl (C=O) groups is 1. The predicted molar refractivity (Wildman–Crippen MR) is 74.5 cm³/mol. The number of hydrogen-bond acceptors (Lipinski definition) is 2. The van der Waals surface area contributed by atoms with E-state index in [2.05, 4.69) is 28.2 Å². The van der Waals surface area contributed by atoms with Crippen LogP contribution in [0.2, 0.25) is 0 Å². The third kappa shape index (κ3) is 2.19. The van der Waals surface area contributed by atoms with Gasteiger partial charge in [-0.15, -0.1) is 0 Å². The number of carbonyl (C=O) groups excluding carboxylic acids is 1. The van der Waals surface area contributed by atoms with Crippen molar-refractivity contribution >= 4 is 21.8 Å². The van der Waals surface area contributed by atoms with Crippen molar-refractivity contribution in [3.63, 3.8) is 0 Å². The molecule has 0 aromatic heterocycles. The molecule has 0 aliphatic carbocycles. The van der Waals surface area contributed by atoms with Gasteiger partial charge >= 0.3 is 0 Å². The summed E-state index contributed by atoms with van der Waals surface area (Å²) in [5, 5.41) is 3.33. The zero-order valence-corrected chi connectivity index (χ0v) is 12.3. The van der Waals surface area contributed by atoms with Crippen molar-refractivity contribution in [3.8, 4) is 0 Å². The van der Waals surface area contributed by atoms with Crippen LogP contribution in [0.5, 0.6) is 0 Å². The fourth-order valence-corrected chi connectivity index (χ4v) is 3.73. The topological polar surface area (TPSA) is 32.3 Å². The highest BCUT2D eigenvalue weighted by Gasteiger charge is 2.44. The maximum atomic E-state index is 13.4. The average Bonchev–Trinajstić information content (AvgIpc) is 2.91. The van der Waals surface area contributed by atoms with E-state index in [9.17, 15) is 9.18 Å². The highest BCUT2D eigenvalue weighted by atomic mass is 79.9. The second-order valence-electron chi connectivity index (χ2n) is 5.41. The van der Waals surface area contributed by atoms with Crippen LogP contribution in [0, 0.1) is 11.7 Å². The van der Waals surface area contributed by atoms with Gasteiger partial charge in [0, 0.05) is 29.6 Å². The maximum absolute atomic E-state index is 13.4. The standard InChI is InChI=1S/C14H16BrFN2O/c1-8-4-9-6-17-7-13(9)18(8)14(19)11-5-10(16)2-3-12(11)15/h2-3,5,8-9,13,17H,4,6-7H2,1H3. The van der Waals surface area contributed by atoms with Crippen LogP contribution < -0.4 is 5.32 Å². The number of amides is 1. The summed E-state index contributed by atoms with van der Waals surface area (Å²) in [6.07, 6.45) is 1.02. The number of likely N-dealkylation sites (tertiary alicyclic amines) is 1. The second-order valence-corrected chi connectivity index (χ2v) is 6.26. The molecule has 1 N–H and O–H groups in total. The van der Waals surface area contributed by atoms with Crippen molar-refractivity contribution in [3.05, 3.63) is 34.1 Å². The van der Waals surface area contributed by atoms with Crippen LogP contribution in [0.15, 0.2) is 22.7 Å². The van der Waals surface area contributed by atoms with E-state index in [4.69, 9.17) is 0 Å². The van der Waals surface area contributed by atoms with Crippen LogP contribution in [0.25, 0.3) is 0 Å². The molecule has 3 nitrogen and oxygen atoms in total. The van der Waals surface area contributed by atoms with Crippen molar-refractivity contribution in [2.75, 3.05) is 13.1 Å². The van der Waals surface area contributed by atoms with Gasteiger partial charge in [0.15, 0.2) is 0 Å². The molecule has 2 aliphatic heterocycles. The third-order valence-electron chi connectivity index (χ3n) is 4.17. The fraction of sp³-hybridized carbons (Fsp3) is 0.500. The fourth-order valence-electron chi connectivity index (χ4n) is 3.32. The van der Waals surface area contributed by atoms with E-state index in [-0.39, 0.29) is 23.8 Å². The number of benzene rings is 1. The van der Waals surface area contributed by atoms with E-state index >= 15 is 0 Å². The molecule has 3 rings (SSSR count). The third-order valence-corrected chi connectivity index (χ3v) is 4.87. The van der Waals surface area contributed by atoms with E-state index in [1.807, 2.05) is 4.90 Å². The smallest absolute Gasteiger partial charge is 0.255 e. The Labute approximate surface area is 120 Å². The predicted octanol–water partition coefficient (Wildman–Crippen LogP) is 2.41. The monoisotopic (exact) mass is 326 g/mol. The minimum atomic E-state index is -0.375. The van der Waals surface area contributed by atoms with Gasteiger partial charge < -0.3 is 10.2 Å². The summed E-state index contributed by atoms with van der Waals surface area (Å²) in [5.41, 5.74) is 0.416. The molecular weight excluding hydrogens is 311 g/mol. The summed E-state index contributed by atoms with van der Waals surface area (Å²) in [6.45, 7) is 3.89. The van der Waals surface area contributed by atoms with Crippen LogP contribution in [0.4, 0.5) is 4.39 Å². The normalized spacial score (nSPS) is 29.6. The van der Waals surface area contributed by atoms with Gasteiger partial charge in [0.1, 0.15) is 5.82 Å². The molecule has 102 valence electrons. The minimum absolute atomic E-state index is 0.0740. The molecule has 1 aromatic carbocycles. The summed E-state index contributed by atoms with van der Waals surface area (Å²) in [4.78, 5) is 14.6. The first-order valence-electron chi connectivity index (χ1n) is 6.56. The first kappa shape index (κ1) is 13.1. The molecule has 19 heavy (non-hydrogen) atoms. The number of halogens is 2. The van der Waals surface area contributed by atoms with Gasteiger partial charge in [-0.25, -0.2) is 4.39 Å². The molecule has 3 unspecified atom stereocenters. The Bertz CT molecular complexity index is 522. The Kier molecular flexibility index (Phi) is 3.35. The van der Waals surface area contributed by atoms with Gasteiger partial charge in [-0.3, -0.25) is 4.79 Å². The Morgan fingerprint density at radius 1 is 1.47 bits per heavy atom. The molecular formula is C14H16BrFN2O. The van der Waals surface area contributed by atoms with Crippen molar-refractivity contribution in [2.45, 2.75) is 25.4 Å². The Morgan fingerprint density at radius 3 is 3.05 bits per heavy atom. The lowest BCUT2D eigenvalue weighted by Gasteiger charge is -2.28. The van der Waals surface area contributed by atoms with Crippen LogP contribution in [-0.4, -0.2) is 36.0 Å². The van der Waals surface area contributed by atoms with Gasteiger partial charge in [-0.2, -0.15) is 0 Å². The summed E-state index contributed by atoms with van der Waals surface area (Å²) < 4.78 is 14.0. The molecule has 0 saturated carbocycles. The lowest BCUT2D eigenvalue weighted by Crippen LogP contribution is -2.42. The summed E-state index contributed by atoms with van der Waals surface area (Å²) in [5.74, 6) is 0.0841. The Balaban J connectivity index is 1.93. The summed E-state index contributed by atoms with van der Waals surface area (Å²) in [7, 11) is 0. The second kappa shape index (κ2) is 4.87. The average molecular weight is 327 g/mol. The van der Waals surface area contributed by atoms with E-state index in [0.29, 0.717) is 16.0 Å². The summed E-state index contributed by atoms with van der Waals surface area (Å²) in [6, 6.07) is 4.73.